The first-order valence-electron chi connectivity index (χ1n) is 23.4. The van der Waals surface area contributed by atoms with E-state index < -0.39 is 111 Å². The summed E-state index contributed by atoms with van der Waals surface area (Å²) in [5.41, 5.74) is 1.48. The molecule has 5 aliphatic heterocycles. The summed E-state index contributed by atoms with van der Waals surface area (Å²) in [6.07, 6.45) is -12.0. The monoisotopic (exact) mass is 884 g/mol. The molecule has 3 saturated carbocycles. The highest BCUT2D eigenvalue weighted by Crippen LogP contribution is 2.70. The molecule has 5 heterocycles. The van der Waals surface area contributed by atoms with E-state index in [1.165, 1.54) is 12.5 Å². The van der Waals surface area contributed by atoms with Crippen molar-refractivity contribution < 1.29 is 83.9 Å². The first kappa shape index (κ1) is 46.2. The first-order chi connectivity index (χ1) is 29.4. The lowest BCUT2D eigenvalue weighted by Gasteiger charge is -2.58. The molecule has 17 nitrogen and oxygen atoms in total. The number of fused-ring (bicyclic) bond motifs is 7. The zero-order valence-corrected chi connectivity index (χ0v) is 36.6. The Labute approximate surface area is 363 Å². The molecule has 8 fully saturated rings. The molecule has 0 aromatic heterocycles. The molecular weight excluding hydrogens is 812 g/mol. The Bertz CT molecular complexity index is 1610. The molecule has 26 atom stereocenters. The van der Waals surface area contributed by atoms with Gasteiger partial charge in [-0.25, -0.2) is 0 Å². The highest BCUT2D eigenvalue weighted by Gasteiger charge is 2.69. The van der Waals surface area contributed by atoms with Crippen molar-refractivity contribution >= 4 is 0 Å². The second-order valence-corrected chi connectivity index (χ2v) is 21.1. The number of rotatable bonds is 8. The molecule has 62 heavy (non-hydrogen) atoms. The van der Waals surface area contributed by atoms with E-state index in [-0.39, 0.29) is 23.0 Å². The summed E-state index contributed by atoms with van der Waals surface area (Å²) in [4.78, 5) is 0. The van der Waals surface area contributed by atoms with Crippen LogP contribution in [0, 0.1) is 46.3 Å². The van der Waals surface area contributed by atoms with E-state index in [4.69, 9.17) is 37.9 Å². The molecule has 354 valence electrons. The van der Waals surface area contributed by atoms with Crippen LogP contribution in [0.5, 0.6) is 0 Å². The van der Waals surface area contributed by atoms with Gasteiger partial charge in [-0.05, 0) is 98.7 Å². The highest BCUT2D eigenvalue weighted by atomic mass is 16.8. The van der Waals surface area contributed by atoms with E-state index in [1.54, 1.807) is 0 Å². The van der Waals surface area contributed by atoms with Crippen LogP contribution in [-0.4, -0.2) is 176 Å². The molecule has 9 N–H and O–H groups in total. The minimum absolute atomic E-state index is 0.0356. The fourth-order valence-corrected chi connectivity index (χ4v) is 14.0. The van der Waals surface area contributed by atoms with Crippen molar-refractivity contribution in [3.63, 3.8) is 0 Å². The van der Waals surface area contributed by atoms with E-state index in [2.05, 4.69) is 33.8 Å². The Hall–Kier alpha value is -0.940. The van der Waals surface area contributed by atoms with Gasteiger partial charge in [0.05, 0.1) is 38.1 Å². The molecule has 26 unspecified atom stereocenters. The van der Waals surface area contributed by atoms with E-state index in [9.17, 15) is 46.0 Å². The number of hydrogen-bond acceptors (Lipinski definition) is 17. The predicted molar refractivity (Wildman–Crippen MR) is 214 cm³/mol. The van der Waals surface area contributed by atoms with Gasteiger partial charge in [-0.15, -0.1) is 0 Å². The van der Waals surface area contributed by atoms with Crippen LogP contribution in [0.4, 0.5) is 0 Å². The second-order valence-electron chi connectivity index (χ2n) is 21.1. The van der Waals surface area contributed by atoms with Crippen molar-refractivity contribution in [3.05, 3.63) is 11.6 Å². The van der Waals surface area contributed by atoms with Crippen LogP contribution < -0.4 is 0 Å². The van der Waals surface area contributed by atoms with Gasteiger partial charge in [-0.1, -0.05) is 39.3 Å². The van der Waals surface area contributed by atoms with Gasteiger partial charge in [-0.2, -0.15) is 0 Å². The molecule has 0 amide bonds. The molecule has 17 heteroatoms. The zero-order valence-electron chi connectivity index (χ0n) is 36.6. The minimum atomic E-state index is -1.82. The summed E-state index contributed by atoms with van der Waals surface area (Å²) >= 11 is 0. The van der Waals surface area contributed by atoms with Gasteiger partial charge in [0.15, 0.2) is 24.7 Å². The van der Waals surface area contributed by atoms with Crippen molar-refractivity contribution in [3.8, 4) is 0 Å². The van der Waals surface area contributed by atoms with E-state index in [0.29, 0.717) is 48.3 Å². The predicted octanol–water partition coefficient (Wildman–Crippen LogP) is 0.214. The number of aliphatic hydroxyl groups excluding tert-OH is 9. The van der Waals surface area contributed by atoms with Gasteiger partial charge < -0.3 is 83.9 Å². The van der Waals surface area contributed by atoms with Crippen LogP contribution in [-0.2, 0) is 37.9 Å². The van der Waals surface area contributed by atoms with E-state index in [0.717, 1.165) is 51.6 Å². The van der Waals surface area contributed by atoms with Crippen LogP contribution in [0.25, 0.3) is 0 Å². The van der Waals surface area contributed by atoms with E-state index in [1.807, 2.05) is 0 Å². The lowest BCUT2D eigenvalue weighted by molar-refractivity contribution is -0.389. The third-order valence-electron chi connectivity index (χ3n) is 17.7. The third kappa shape index (κ3) is 7.49. The Kier molecular flexibility index (Phi) is 12.9. The SMILES string of the molecule is CC1CCC2(OC1)OC1CC3C4CC=C5CC(OC6OC(CO)C(OC7OC(CO)C(O)C(O)C7O)C(O)C6OC6OC(C)C(O)C(O)C6O)CCC5(C)C4CCC3(C)C1C2C. The largest absolute Gasteiger partial charge is 0.394 e. The number of hydrogen-bond donors (Lipinski definition) is 9. The molecular formula is C45H72O17. The topological polar surface area (TPSA) is 256 Å². The van der Waals surface area contributed by atoms with Crippen molar-refractivity contribution in [2.45, 2.75) is 203 Å². The Morgan fingerprint density at radius 1 is 0.677 bits per heavy atom. The van der Waals surface area contributed by atoms with Crippen LogP contribution in [0.3, 0.4) is 0 Å². The summed E-state index contributed by atoms with van der Waals surface area (Å²) in [6.45, 7) is 10.4. The summed E-state index contributed by atoms with van der Waals surface area (Å²) in [7, 11) is 0. The zero-order chi connectivity index (χ0) is 44.2. The van der Waals surface area contributed by atoms with Crippen LogP contribution in [0.15, 0.2) is 11.6 Å². The second kappa shape index (κ2) is 17.3. The number of allylic oxidation sites excluding steroid dienone is 1. The van der Waals surface area contributed by atoms with Gasteiger partial charge in [0.25, 0.3) is 0 Å². The molecule has 0 aromatic rings. The maximum absolute atomic E-state index is 12.0. The lowest BCUT2D eigenvalue weighted by Crippen LogP contribution is -2.67. The van der Waals surface area contributed by atoms with Crippen LogP contribution >= 0.6 is 0 Å². The Balaban J connectivity index is 0.917. The van der Waals surface area contributed by atoms with Gasteiger partial charge in [0.2, 0.25) is 0 Å². The Morgan fingerprint density at radius 3 is 2.05 bits per heavy atom. The summed E-state index contributed by atoms with van der Waals surface area (Å²) in [5.74, 6) is 2.56. The fourth-order valence-electron chi connectivity index (χ4n) is 14.0. The lowest BCUT2D eigenvalue weighted by atomic mass is 9.47. The standard InChI is InChI=1S/C45H72O17/c1-19-8-13-45(55-18-19)20(2)30-27(62-45)15-26-24-7-6-22-14-23(9-11-43(22,4)25(24)10-12-44(26,30)5)57-42-39(61-40-35(52)33(50)31(48)21(3)56-40)37(54)38(29(17-47)59-42)60-41-36(53)34(51)32(49)28(16-46)58-41/h6,19-21,23-42,46-54H,7-18H2,1-5H3. The smallest absolute Gasteiger partial charge is 0.187 e. The molecule has 1 spiro atoms. The average Bonchev–Trinajstić information content (AvgIpc) is 3.70. The normalized spacial score (nSPS) is 57.6. The van der Waals surface area contributed by atoms with Gasteiger partial charge >= 0.3 is 0 Å². The van der Waals surface area contributed by atoms with Crippen molar-refractivity contribution in [1.29, 1.82) is 0 Å². The third-order valence-corrected chi connectivity index (χ3v) is 17.7. The molecule has 0 aromatic carbocycles. The Morgan fingerprint density at radius 2 is 1.35 bits per heavy atom. The molecule has 9 rings (SSSR count). The quantitative estimate of drug-likeness (QED) is 0.148. The number of aliphatic hydroxyl groups is 9. The summed E-state index contributed by atoms with van der Waals surface area (Å²) in [6, 6.07) is 0. The van der Waals surface area contributed by atoms with Crippen LogP contribution in [0.1, 0.15) is 92.4 Å². The van der Waals surface area contributed by atoms with Crippen LogP contribution in [0.2, 0.25) is 0 Å². The van der Waals surface area contributed by atoms with Crippen molar-refractivity contribution in [1.82, 2.24) is 0 Å². The highest BCUT2D eigenvalue weighted by molar-refractivity contribution is 5.26. The van der Waals surface area contributed by atoms with Crippen molar-refractivity contribution in [2.75, 3.05) is 19.8 Å². The molecule has 4 aliphatic carbocycles. The molecule has 0 radical (unpaired) electrons. The maximum Gasteiger partial charge on any atom is 0.187 e. The van der Waals surface area contributed by atoms with Gasteiger partial charge in [0, 0.05) is 12.3 Å². The minimum Gasteiger partial charge on any atom is -0.394 e. The van der Waals surface area contributed by atoms with Gasteiger partial charge in [-0.3, -0.25) is 0 Å². The number of ether oxygens (including phenoxy) is 8. The molecule has 5 saturated heterocycles. The summed E-state index contributed by atoms with van der Waals surface area (Å²) < 4.78 is 49.9. The fraction of sp³-hybridized carbons (Fsp3) is 0.956. The van der Waals surface area contributed by atoms with Gasteiger partial charge in [0.1, 0.15) is 67.1 Å². The summed E-state index contributed by atoms with van der Waals surface area (Å²) in [5, 5.41) is 95.7. The molecule has 9 aliphatic rings. The average molecular weight is 885 g/mol. The first-order valence-corrected chi connectivity index (χ1v) is 23.4. The molecule has 0 bridgehead atoms. The maximum atomic E-state index is 12.0. The van der Waals surface area contributed by atoms with Crippen molar-refractivity contribution in [2.24, 2.45) is 46.3 Å². The van der Waals surface area contributed by atoms with E-state index >= 15 is 0 Å².